The summed E-state index contributed by atoms with van der Waals surface area (Å²) < 4.78 is 25.2. The van der Waals surface area contributed by atoms with E-state index >= 15 is 0 Å². The van der Waals surface area contributed by atoms with Gasteiger partial charge in [0, 0.05) is 12.5 Å². The van der Waals surface area contributed by atoms with Crippen LogP contribution >= 0.6 is 0 Å². The second-order valence-electron chi connectivity index (χ2n) is 7.50. The van der Waals surface area contributed by atoms with Gasteiger partial charge >= 0.3 is 5.97 Å². The lowest BCUT2D eigenvalue weighted by Crippen LogP contribution is -2.53. The van der Waals surface area contributed by atoms with Gasteiger partial charge in [-0.2, -0.15) is 0 Å². The molecule has 1 unspecified atom stereocenters. The Morgan fingerprint density at radius 2 is 1.94 bits per heavy atom. The molecule has 3 aromatic rings. The largest absolute Gasteiger partial charge is 0.481 e. The van der Waals surface area contributed by atoms with Gasteiger partial charge in [-0.1, -0.05) is 36.4 Å². The molecule has 0 saturated heterocycles. The summed E-state index contributed by atoms with van der Waals surface area (Å²) in [6, 6.07) is 15.3. The molecule has 1 atom stereocenters. The lowest BCUT2D eigenvalue weighted by molar-refractivity contribution is -0.138. The van der Waals surface area contributed by atoms with Crippen LogP contribution in [0.5, 0.6) is 0 Å². The van der Waals surface area contributed by atoms with Crippen molar-refractivity contribution >= 4 is 11.9 Å². The second-order valence-corrected chi connectivity index (χ2v) is 7.50. The summed E-state index contributed by atoms with van der Waals surface area (Å²) in [4.78, 5) is 37.4. The molecule has 1 aromatic heterocycles. The molecule has 1 amide bonds. The van der Waals surface area contributed by atoms with Gasteiger partial charge in [-0.05, 0) is 23.8 Å². The van der Waals surface area contributed by atoms with Gasteiger partial charge in [-0.15, -0.1) is 0 Å². The summed E-state index contributed by atoms with van der Waals surface area (Å²) in [5.74, 6) is -2.31. The standard InChI is InChI=1S/C23H20FN3O6/c24-16-7-4-8-17(9-16)27-20(28)10-18(26-27)22(31)25-23(12-21(29)30,19-13-32-14-33-19)11-15-5-2-1-3-6-15/h1-10,13,26H,11-12,14H2,(H,25,31)(H,29,30). The summed E-state index contributed by atoms with van der Waals surface area (Å²) >= 11 is 0. The van der Waals surface area contributed by atoms with E-state index in [0.29, 0.717) is 0 Å². The predicted molar refractivity (Wildman–Crippen MR) is 114 cm³/mol. The van der Waals surface area contributed by atoms with Crippen LogP contribution in [0.25, 0.3) is 5.69 Å². The number of aromatic amines is 1. The zero-order chi connectivity index (χ0) is 23.4. The first kappa shape index (κ1) is 21.9. The first-order chi connectivity index (χ1) is 15.9. The minimum Gasteiger partial charge on any atom is -0.481 e. The number of benzene rings is 2. The minimum atomic E-state index is -1.49. The maximum atomic E-state index is 13.6. The number of ether oxygens (including phenoxy) is 2. The Balaban J connectivity index is 1.70. The number of nitrogens with one attached hydrogen (secondary N) is 2. The van der Waals surface area contributed by atoms with E-state index in [4.69, 9.17) is 9.47 Å². The average molecular weight is 453 g/mol. The Kier molecular flexibility index (Phi) is 5.99. The van der Waals surface area contributed by atoms with Gasteiger partial charge in [0.15, 0.2) is 5.76 Å². The molecule has 0 radical (unpaired) electrons. The number of carbonyl (C=O) groups is 2. The molecular weight excluding hydrogens is 433 g/mol. The molecule has 170 valence electrons. The van der Waals surface area contributed by atoms with Crippen LogP contribution in [0.2, 0.25) is 0 Å². The third-order valence-corrected chi connectivity index (χ3v) is 5.13. The molecule has 10 heteroatoms. The molecule has 0 fully saturated rings. The molecule has 2 heterocycles. The average Bonchev–Trinajstić information content (AvgIpc) is 3.44. The van der Waals surface area contributed by atoms with Crippen LogP contribution < -0.4 is 10.9 Å². The summed E-state index contributed by atoms with van der Waals surface area (Å²) in [6.07, 6.45) is 0.862. The van der Waals surface area contributed by atoms with Gasteiger partial charge in [0.05, 0.1) is 12.1 Å². The fraction of sp³-hybridized carbons (Fsp3) is 0.174. The van der Waals surface area contributed by atoms with Crippen molar-refractivity contribution in [1.82, 2.24) is 15.1 Å². The van der Waals surface area contributed by atoms with Crippen LogP contribution in [0.15, 0.2) is 77.5 Å². The number of carboxylic acids is 1. The van der Waals surface area contributed by atoms with Crippen molar-refractivity contribution in [2.75, 3.05) is 6.79 Å². The first-order valence-electron chi connectivity index (χ1n) is 9.98. The highest BCUT2D eigenvalue weighted by molar-refractivity contribution is 5.93. The zero-order valence-corrected chi connectivity index (χ0v) is 17.3. The van der Waals surface area contributed by atoms with Crippen molar-refractivity contribution in [3.05, 3.63) is 100 Å². The molecule has 4 rings (SSSR count). The van der Waals surface area contributed by atoms with Crippen molar-refractivity contribution in [3.8, 4) is 5.69 Å². The number of halogens is 1. The predicted octanol–water partition coefficient (Wildman–Crippen LogP) is 2.34. The lowest BCUT2D eigenvalue weighted by Gasteiger charge is -2.33. The van der Waals surface area contributed by atoms with Crippen molar-refractivity contribution in [3.63, 3.8) is 0 Å². The van der Waals surface area contributed by atoms with Crippen LogP contribution in [0, 0.1) is 5.82 Å². The van der Waals surface area contributed by atoms with E-state index in [-0.39, 0.29) is 30.4 Å². The van der Waals surface area contributed by atoms with Crippen molar-refractivity contribution < 1.29 is 28.6 Å². The normalized spacial score (nSPS) is 14.5. The summed E-state index contributed by atoms with van der Waals surface area (Å²) in [5, 5.41) is 15.0. The van der Waals surface area contributed by atoms with E-state index in [1.165, 1.54) is 24.5 Å². The third-order valence-electron chi connectivity index (χ3n) is 5.13. The monoisotopic (exact) mass is 453 g/mol. The SMILES string of the molecule is O=C(O)CC(Cc1ccccc1)(NC(=O)c1cc(=O)n(-c2cccc(F)c2)[nH]1)C1=COCO1. The number of nitrogens with zero attached hydrogens (tertiary/aromatic N) is 1. The van der Waals surface area contributed by atoms with E-state index in [2.05, 4.69) is 10.4 Å². The zero-order valence-electron chi connectivity index (χ0n) is 17.3. The highest BCUT2D eigenvalue weighted by Crippen LogP contribution is 2.30. The lowest BCUT2D eigenvalue weighted by atomic mass is 9.85. The molecule has 33 heavy (non-hydrogen) atoms. The quantitative estimate of drug-likeness (QED) is 0.481. The van der Waals surface area contributed by atoms with Crippen LogP contribution in [-0.4, -0.2) is 39.1 Å². The Bertz CT molecular complexity index is 1270. The molecule has 9 nitrogen and oxygen atoms in total. The van der Waals surface area contributed by atoms with E-state index in [1.54, 1.807) is 24.3 Å². The second kappa shape index (κ2) is 9.03. The number of hydrogen-bond acceptors (Lipinski definition) is 5. The van der Waals surface area contributed by atoms with Crippen molar-refractivity contribution in [1.29, 1.82) is 0 Å². The summed E-state index contributed by atoms with van der Waals surface area (Å²) in [6.45, 7) is -0.117. The number of rotatable bonds is 8. The van der Waals surface area contributed by atoms with Crippen LogP contribution in [-0.2, 0) is 20.7 Å². The number of aliphatic carboxylic acids is 1. The Morgan fingerprint density at radius 1 is 1.15 bits per heavy atom. The smallest absolute Gasteiger partial charge is 0.306 e. The molecule has 3 N–H and O–H groups in total. The van der Waals surface area contributed by atoms with Gasteiger partial charge < -0.3 is 19.9 Å². The third kappa shape index (κ3) is 4.79. The maximum absolute atomic E-state index is 13.6. The van der Waals surface area contributed by atoms with Crippen molar-refractivity contribution in [2.45, 2.75) is 18.4 Å². The number of amides is 1. The van der Waals surface area contributed by atoms with E-state index in [9.17, 15) is 23.9 Å². The molecule has 0 saturated carbocycles. The van der Waals surface area contributed by atoms with Crippen LogP contribution in [0.3, 0.4) is 0 Å². The molecule has 0 aliphatic carbocycles. The topological polar surface area (TPSA) is 123 Å². The molecular formula is C23H20FN3O6. The molecule has 1 aliphatic rings. The summed E-state index contributed by atoms with van der Waals surface area (Å²) in [7, 11) is 0. The molecule has 0 bridgehead atoms. The molecule has 0 spiro atoms. The van der Waals surface area contributed by atoms with Crippen LogP contribution in [0.1, 0.15) is 22.5 Å². The number of aromatic nitrogens is 2. The molecule has 1 aliphatic heterocycles. The highest BCUT2D eigenvalue weighted by atomic mass is 19.1. The Labute approximate surface area is 187 Å². The van der Waals surface area contributed by atoms with Crippen LogP contribution in [0.4, 0.5) is 4.39 Å². The maximum Gasteiger partial charge on any atom is 0.306 e. The van der Waals surface area contributed by atoms with Gasteiger partial charge in [0.2, 0.25) is 6.79 Å². The number of H-pyrrole nitrogens is 1. The highest BCUT2D eigenvalue weighted by Gasteiger charge is 2.42. The first-order valence-corrected chi connectivity index (χ1v) is 9.98. The Hall–Kier alpha value is -4.34. The van der Waals surface area contributed by atoms with E-state index in [0.717, 1.165) is 22.4 Å². The molecule has 2 aromatic carbocycles. The van der Waals surface area contributed by atoms with Gasteiger partial charge in [-0.25, -0.2) is 9.07 Å². The van der Waals surface area contributed by atoms with Gasteiger partial charge in [0.1, 0.15) is 23.3 Å². The fourth-order valence-corrected chi connectivity index (χ4v) is 3.69. The fourth-order valence-electron chi connectivity index (χ4n) is 3.69. The minimum absolute atomic E-state index is 0.0932. The number of carboxylic acid groups (broad SMARTS) is 1. The van der Waals surface area contributed by atoms with Crippen molar-refractivity contribution in [2.24, 2.45) is 0 Å². The number of hydrogen-bond donors (Lipinski definition) is 3. The Morgan fingerprint density at radius 3 is 2.61 bits per heavy atom. The van der Waals surface area contributed by atoms with E-state index < -0.39 is 35.2 Å². The van der Waals surface area contributed by atoms with E-state index in [1.807, 2.05) is 6.07 Å². The number of carbonyl (C=O) groups excluding carboxylic acids is 1. The van der Waals surface area contributed by atoms with Gasteiger partial charge in [0.25, 0.3) is 11.5 Å². The van der Waals surface area contributed by atoms with Gasteiger partial charge in [-0.3, -0.25) is 19.5 Å². The summed E-state index contributed by atoms with van der Waals surface area (Å²) in [5.41, 5.74) is -1.25.